The van der Waals surface area contributed by atoms with Crippen LogP contribution in [0.5, 0.6) is 0 Å². The quantitative estimate of drug-likeness (QED) is 0.834. The van der Waals surface area contributed by atoms with Crippen LogP contribution in [0.25, 0.3) is 0 Å². The summed E-state index contributed by atoms with van der Waals surface area (Å²) >= 11 is 0. The summed E-state index contributed by atoms with van der Waals surface area (Å²) in [6.45, 7) is 4.64. The largest absolute Gasteiger partial charge is 0.381 e. The first-order chi connectivity index (χ1) is 9.77. The Kier molecular flexibility index (Phi) is 4.71. The molecule has 2 unspecified atom stereocenters. The zero-order valence-corrected chi connectivity index (χ0v) is 12.1. The number of carbonyl (C=O) groups excluding carboxylic acids is 1. The fourth-order valence-electron chi connectivity index (χ4n) is 3.54. The SMILES string of the molecule is O=C(CC1CNCCO1)C1CCOC2(CCOCC2)C1. The van der Waals surface area contributed by atoms with E-state index in [1.807, 2.05) is 0 Å². The first kappa shape index (κ1) is 14.4. The minimum atomic E-state index is -0.0947. The lowest BCUT2D eigenvalue weighted by atomic mass is 9.78. The van der Waals surface area contributed by atoms with Crippen molar-refractivity contribution in [2.75, 3.05) is 39.5 Å². The summed E-state index contributed by atoms with van der Waals surface area (Å²) < 4.78 is 17.1. The van der Waals surface area contributed by atoms with Gasteiger partial charge in [-0.1, -0.05) is 0 Å². The van der Waals surface area contributed by atoms with E-state index in [1.165, 1.54) is 0 Å². The topological polar surface area (TPSA) is 56.8 Å². The van der Waals surface area contributed by atoms with E-state index in [0.717, 1.165) is 52.0 Å². The molecule has 1 spiro atoms. The van der Waals surface area contributed by atoms with E-state index >= 15 is 0 Å². The van der Waals surface area contributed by atoms with E-state index in [4.69, 9.17) is 14.2 Å². The molecule has 0 bridgehead atoms. The molecule has 3 aliphatic rings. The van der Waals surface area contributed by atoms with Crippen LogP contribution in [0.1, 0.15) is 32.1 Å². The molecule has 0 aromatic rings. The van der Waals surface area contributed by atoms with Crippen molar-refractivity contribution in [1.82, 2.24) is 5.32 Å². The van der Waals surface area contributed by atoms with Gasteiger partial charge in [0.05, 0.1) is 18.3 Å². The lowest BCUT2D eigenvalue weighted by Crippen LogP contribution is -2.47. The molecular formula is C15H25NO4. The van der Waals surface area contributed by atoms with E-state index in [9.17, 15) is 4.79 Å². The van der Waals surface area contributed by atoms with E-state index < -0.39 is 0 Å². The van der Waals surface area contributed by atoms with Gasteiger partial charge in [0.1, 0.15) is 5.78 Å². The molecule has 5 nitrogen and oxygen atoms in total. The van der Waals surface area contributed by atoms with Crippen molar-refractivity contribution in [1.29, 1.82) is 0 Å². The zero-order chi connectivity index (χ0) is 13.8. The highest BCUT2D eigenvalue weighted by molar-refractivity contribution is 5.81. The van der Waals surface area contributed by atoms with Gasteiger partial charge in [0.2, 0.25) is 0 Å². The molecule has 3 fully saturated rings. The molecule has 3 heterocycles. The third kappa shape index (κ3) is 3.39. The molecule has 2 atom stereocenters. The molecule has 3 rings (SSSR count). The van der Waals surface area contributed by atoms with Gasteiger partial charge in [-0.15, -0.1) is 0 Å². The fourth-order valence-corrected chi connectivity index (χ4v) is 3.54. The lowest BCUT2D eigenvalue weighted by molar-refractivity contribution is -0.158. The average Bonchev–Trinajstić information content (AvgIpc) is 2.49. The summed E-state index contributed by atoms with van der Waals surface area (Å²) in [5.41, 5.74) is -0.0947. The molecule has 3 saturated heterocycles. The Bertz CT molecular complexity index is 329. The third-order valence-electron chi connectivity index (χ3n) is 4.79. The van der Waals surface area contributed by atoms with E-state index in [-0.39, 0.29) is 17.6 Å². The molecule has 114 valence electrons. The summed E-state index contributed by atoms with van der Waals surface area (Å²) in [4.78, 5) is 12.5. The van der Waals surface area contributed by atoms with Crippen molar-refractivity contribution >= 4 is 5.78 Å². The Morgan fingerprint density at radius 2 is 2.05 bits per heavy atom. The predicted molar refractivity (Wildman–Crippen MR) is 73.7 cm³/mol. The van der Waals surface area contributed by atoms with Crippen LogP contribution in [0.2, 0.25) is 0 Å². The first-order valence-electron chi connectivity index (χ1n) is 7.84. The van der Waals surface area contributed by atoms with Crippen LogP contribution in [-0.2, 0) is 19.0 Å². The van der Waals surface area contributed by atoms with Crippen LogP contribution < -0.4 is 5.32 Å². The van der Waals surface area contributed by atoms with Crippen molar-refractivity contribution in [3.8, 4) is 0 Å². The molecule has 0 amide bonds. The minimum absolute atomic E-state index is 0.0599. The van der Waals surface area contributed by atoms with E-state index in [0.29, 0.717) is 25.4 Å². The van der Waals surface area contributed by atoms with Crippen molar-refractivity contribution < 1.29 is 19.0 Å². The molecule has 0 saturated carbocycles. The first-order valence-corrected chi connectivity index (χ1v) is 7.84. The molecule has 0 aliphatic carbocycles. The van der Waals surface area contributed by atoms with E-state index in [1.54, 1.807) is 0 Å². The molecule has 3 aliphatic heterocycles. The smallest absolute Gasteiger partial charge is 0.138 e. The van der Waals surface area contributed by atoms with Crippen molar-refractivity contribution in [2.45, 2.75) is 43.8 Å². The normalized spacial score (nSPS) is 34.0. The fraction of sp³-hybridized carbons (Fsp3) is 0.933. The Hall–Kier alpha value is -0.490. The molecule has 0 aromatic heterocycles. The lowest BCUT2D eigenvalue weighted by Gasteiger charge is -2.43. The van der Waals surface area contributed by atoms with Gasteiger partial charge < -0.3 is 19.5 Å². The molecule has 20 heavy (non-hydrogen) atoms. The number of morpholine rings is 1. The van der Waals surface area contributed by atoms with E-state index in [2.05, 4.69) is 5.32 Å². The molecule has 0 radical (unpaired) electrons. The Balaban J connectivity index is 1.54. The van der Waals surface area contributed by atoms with Crippen LogP contribution >= 0.6 is 0 Å². The second-order valence-corrected chi connectivity index (χ2v) is 6.20. The second kappa shape index (κ2) is 6.52. The van der Waals surface area contributed by atoms with Gasteiger partial charge in [-0.2, -0.15) is 0 Å². The van der Waals surface area contributed by atoms with Crippen LogP contribution in [0.3, 0.4) is 0 Å². The number of hydrogen-bond acceptors (Lipinski definition) is 5. The number of ether oxygens (including phenoxy) is 3. The van der Waals surface area contributed by atoms with Crippen LogP contribution in [0.4, 0.5) is 0 Å². The average molecular weight is 283 g/mol. The van der Waals surface area contributed by atoms with Crippen molar-refractivity contribution in [2.24, 2.45) is 5.92 Å². The third-order valence-corrected chi connectivity index (χ3v) is 4.79. The summed E-state index contributed by atoms with van der Waals surface area (Å²) in [5, 5.41) is 3.28. The van der Waals surface area contributed by atoms with Gasteiger partial charge in [0, 0.05) is 45.2 Å². The maximum atomic E-state index is 12.5. The highest BCUT2D eigenvalue weighted by Gasteiger charge is 2.41. The van der Waals surface area contributed by atoms with Gasteiger partial charge in [-0.05, 0) is 25.7 Å². The van der Waals surface area contributed by atoms with Crippen LogP contribution in [-0.4, -0.2) is 57.0 Å². The second-order valence-electron chi connectivity index (χ2n) is 6.20. The highest BCUT2D eigenvalue weighted by atomic mass is 16.5. The minimum Gasteiger partial charge on any atom is -0.381 e. The molecule has 0 aromatic carbocycles. The number of rotatable bonds is 3. The number of hydrogen-bond donors (Lipinski definition) is 1. The summed E-state index contributed by atoms with van der Waals surface area (Å²) in [7, 11) is 0. The maximum Gasteiger partial charge on any atom is 0.138 e. The monoisotopic (exact) mass is 283 g/mol. The number of ketones is 1. The number of carbonyl (C=O) groups is 1. The molecule has 1 N–H and O–H groups in total. The maximum absolute atomic E-state index is 12.5. The molecular weight excluding hydrogens is 258 g/mol. The van der Waals surface area contributed by atoms with Crippen LogP contribution in [0.15, 0.2) is 0 Å². The van der Waals surface area contributed by atoms with Crippen molar-refractivity contribution in [3.05, 3.63) is 0 Å². The summed E-state index contributed by atoms with van der Waals surface area (Å²) in [6.07, 6.45) is 4.20. The Morgan fingerprint density at radius 3 is 2.80 bits per heavy atom. The number of Topliss-reactive ketones (excluding diaryl/α,β-unsaturated/α-hetero) is 1. The van der Waals surface area contributed by atoms with Gasteiger partial charge in [-0.3, -0.25) is 4.79 Å². The molecule has 5 heteroatoms. The van der Waals surface area contributed by atoms with Gasteiger partial charge in [0.25, 0.3) is 0 Å². The predicted octanol–water partition coefficient (Wildman–Crippen LogP) is 0.910. The zero-order valence-electron chi connectivity index (χ0n) is 12.1. The number of nitrogens with one attached hydrogen (secondary N) is 1. The summed E-state index contributed by atoms with van der Waals surface area (Å²) in [5.74, 6) is 0.500. The standard InChI is InChI=1S/C15H25NO4/c17-14(9-13-11-16-4-8-19-13)12-1-5-20-15(10-12)2-6-18-7-3-15/h12-13,16H,1-11H2. The Morgan fingerprint density at radius 1 is 1.20 bits per heavy atom. The van der Waals surface area contributed by atoms with Gasteiger partial charge in [0.15, 0.2) is 0 Å². The van der Waals surface area contributed by atoms with Crippen molar-refractivity contribution in [3.63, 3.8) is 0 Å². The van der Waals surface area contributed by atoms with Crippen LogP contribution in [0, 0.1) is 5.92 Å². The summed E-state index contributed by atoms with van der Waals surface area (Å²) in [6, 6.07) is 0. The van der Waals surface area contributed by atoms with Gasteiger partial charge >= 0.3 is 0 Å². The Labute approximate surface area is 120 Å². The highest BCUT2D eigenvalue weighted by Crippen LogP contribution is 2.37. The van der Waals surface area contributed by atoms with Gasteiger partial charge in [-0.25, -0.2) is 0 Å².